The van der Waals surface area contributed by atoms with Crippen LogP contribution < -0.4 is 23.7 Å². The fraction of sp³-hybridized carbons (Fsp3) is 0.429. The van der Waals surface area contributed by atoms with Gasteiger partial charge in [-0.3, -0.25) is 4.90 Å². The van der Waals surface area contributed by atoms with Crippen molar-refractivity contribution in [3.05, 3.63) is 35.4 Å². The van der Waals surface area contributed by atoms with E-state index in [4.69, 9.17) is 28.4 Å². The zero-order valence-electron chi connectivity index (χ0n) is 16.8. The molecule has 8 nitrogen and oxygen atoms in total. The van der Waals surface area contributed by atoms with Gasteiger partial charge in [0, 0.05) is 24.7 Å². The summed E-state index contributed by atoms with van der Waals surface area (Å²) in [4.78, 5) is 2.25. The molecule has 1 unspecified atom stereocenters. The summed E-state index contributed by atoms with van der Waals surface area (Å²) in [6.45, 7) is 2.81. The highest BCUT2D eigenvalue weighted by atomic mass is 16.7. The Bertz CT molecular complexity index is 855. The molecule has 2 heterocycles. The minimum absolute atomic E-state index is 0.138. The number of fused-ring (bicyclic) bond motifs is 1. The summed E-state index contributed by atoms with van der Waals surface area (Å²) in [5, 5.41) is 10.8. The minimum Gasteiger partial charge on any atom is -0.507 e. The average molecular weight is 403 g/mol. The number of phenols is 1. The van der Waals surface area contributed by atoms with Crippen LogP contribution >= 0.6 is 0 Å². The van der Waals surface area contributed by atoms with E-state index in [0.29, 0.717) is 47.5 Å². The van der Waals surface area contributed by atoms with Crippen molar-refractivity contribution in [2.24, 2.45) is 0 Å². The Morgan fingerprint density at radius 2 is 1.52 bits per heavy atom. The van der Waals surface area contributed by atoms with Crippen LogP contribution in [0.4, 0.5) is 0 Å². The largest absolute Gasteiger partial charge is 0.507 e. The highest BCUT2D eigenvalue weighted by Gasteiger charge is 2.31. The number of hydrogen-bond acceptors (Lipinski definition) is 8. The van der Waals surface area contributed by atoms with Crippen LogP contribution in [-0.4, -0.2) is 64.4 Å². The van der Waals surface area contributed by atoms with Gasteiger partial charge < -0.3 is 33.5 Å². The molecular weight excluding hydrogens is 378 g/mol. The third-order valence-electron chi connectivity index (χ3n) is 5.23. The van der Waals surface area contributed by atoms with Crippen molar-refractivity contribution in [2.75, 3.05) is 54.4 Å². The number of rotatable bonds is 6. The Balaban J connectivity index is 1.86. The van der Waals surface area contributed by atoms with Crippen LogP contribution in [0.15, 0.2) is 24.3 Å². The third kappa shape index (κ3) is 3.61. The molecule has 0 aromatic heterocycles. The van der Waals surface area contributed by atoms with Crippen molar-refractivity contribution in [3.63, 3.8) is 0 Å². The summed E-state index contributed by atoms with van der Waals surface area (Å²) in [5.74, 6) is 2.93. The number of methoxy groups -OCH3 is 3. The number of aromatic hydroxyl groups is 1. The van der Waals surface area contributed by atoms with Gasteiger partial charge in [0.1, 0.15) is 5.75 Å². The van der Waals surface area contributed by atoms with Gasteiger partial charge >= 0.3 is 0 Å². The Hall–Kier alpha value is -2.84. The van der Waals surface area contributed by atoms with Gasteiger partial charge in [0.2, 0.25) is 12.5 Å². The molecule has 2 aliphatic rings. The molecule has 0 saturated carbocycles. The maximum Gasteiger partial charge on any atom is 0.231 e. The lowest BCUT2D eigenvalue weighted by atomic mass is 9.94. The molecule has 0 radical (unpaired) electrons. The van der Waals surface area contributed by atoms with Crippen molar-refractivity contribution in [1.82, 2.24) is 4.90 Å². The van der Waals surface area contributed by atoms with Gasteiger partial charge in [-0.15, -0.1) is 0 Å². The van der Waals surface area contributed by atoms with Gasteiger partial charge in [0.15, 0.2) is 23.0 Å². The Kier molecular flexibility index (Phi) is 5.55. The highest BCUT2D eigenvalue weighted by molar-refractivity contribution is 5.58. The first-order chi connectivity index (χ1) is 14.2. The molecule has 0 aliphatic carbocycles. The molecule has 4 rings (SSSR count). The van der Waals surface area contributed by atoms with E-state index in [1.807, 2.05) is 18.2 Å². The van der Waals surface area contributed by atoms with Gasteiger partial charge in [-0.25, -0.2) is 0 Å². The fourth-order valence-corrected chi connectivity index (χ4v) is 3.85. The second kappa shape index (κ2) is 8.26. The molecule has 8 heteroatoms. The molecule has 1 saturated heterocycles. The first kappa shape index (κ1) is 19.5. The van der Waals surface area contributed by atoms with Crippen molar-refractivity contribution in [2.45, 2.75) is 6.04 Å². The molecule has 29 heavy (non-hydrogen) atoms. The first-order valence-corrected chi connectivity index (χ1v) is 9.40. The van der Waals surface area contributed by atoms with E-state index in [9.17, 15) is 5.11 Å². The molecule has 2 aromatic carbocycles. The van der Waals surface area contributed by atoms with E-state index in [1.54, 1.807) is 27.4 Å². The predicted octanol–water partition coefficient (Wildman–Crippen LogP) is 2.57. The number of ether oxygens (including phenoxy) is 6. The first-order valence-electron chi connectivity index (χ1n) is 9.40. The van der Waals surface area contributed by atoms with Crippen LogP contribution in [0.3, 0.4) is 0 Å². The molecule has 0 spiro atoms. The zero-order valence-corrected chi connectivity index (χ0v) is 16.8. The lowest BCUT2D eigenvalue weighted by Gasteiger charge is -2.35. The minimum atomic E-state index is -0.262. The standard InChI is InChI=1S/C21H25NO7/c1-24-18-8-13(9-19(25-2)21(18)26-3)20(22-4-6-27-7-5-22)14-10-16-17(11-15(14)23)29-12-28-16/h8-11,20,23H,4-7,12H2,1-3H3. The Morgan fingerprint density at radius 3 is 2.10 bits per heavy atom. The van der Waals surface area contributed by atoms with Crippen LogP contribution in [0.25, 0.3) is 0 Å². The van der Waals surface area contributed by atoms with Crippen LogP contribution in [0.1, 0.15) is 17.2 Å². The molecule has 156 valence electrons. The van der Waals surface area contributed by atoms with Crippen LogP contribution in [0.2, 0.25) is 0 Å². The van der Waals surface area contributed by atoms with Gasteiger partial charge in [-0.2, -0.15) is 0 Å². The van der Waals surface area contributed by atoms with Crippen molar-refractivity contribution in [1.29, 1.82) is 0 Å². The number of phenolic OH excluding ortho intramolecular Hbond substituents is 1. The highest BCUT2D eigenvalue weighted by Crippen LogP contribution is 2.46. The summed E-state index contributed by atoms with van der Waals surface area (Å²) < 4.78 is 33.0. The summed E-state index contributed by atoms with van der Waals surface area (Å²) in [7, 11) is 4.74. The fourth-order valence-electron chi connectivity index (χ4n) is 3.85. The molecular formula is C21H25NO7. The SMILES string of the molecule is COc1cc(C(c2cc3c(cc2O)OCO3)N2CCOCC2)cc(OC)c1OC. The van der Waals surface area contributed by atoms with Gasteiger partial charge in [0.05, 0.1) is 40.6 Å². The molecule has 1 N–H and O–H groups in total. The molecule has 2 aromatic rings. The van der Waals surface area contributed by atoms with E-state index in [-0.39, 0.29) is 18.6 Å². The van der Waals surface area contributed by atoms with E-state index in [1.165, 1.54) is 0 Å². The quantitative estimate of drug-likeness (QED) is 0.789. The van der Waals surface area contributed by atoms with Crippen LogP contribution in [0, 0.1) is 0 Å². The van der Waals surface area contributed by atoms with Gasteiger partial charge in [-0.1, -0.05) is 0 Å². The molecule has 1 fully saturated rings. The lowest BCUT2D eigenvalue weighted by molar-refractivity contribution is 0.0234. The number of morpholine rings is 1. The summed E-state index contributed by atoms with van der Waals surface area (Å²) in [6, 6.07) is 6.99. The maximum atomic E-state index is 10.8. The van der Waals surface area contributed by atoms with Crippen molar-refractivity contribution in [3.8, 4) is 34.5 Å². The topological polar surface area (TPSA) is 78.9 Å². The zero-order chi connectivity index (χ0) is 20.4. The monoisotopic (exact) mass is 403 g/mol. The van der Waals surface area contributed by atoms with Gasteiger partial charge in [0.25, 0.3) is 0 Å². The second-order valence-corrected chi connectivity index (χ2v) is 6.77. The second-order valence-electron chi connectivity index (χ2n) is 6.77. The molecule has 0 amide bonds. The van der Waals surface area contributed by atoms with E-state index >= 15 is 0 Å². The summed E-state index contributed by atoms with van der Waals surface area (Å²) in [5.41, 5.74) is 1.61. The predicted molar refractivity (Wildman–Crippen MR) is 105 cm³/mol. The summed E-state index contributed by atoms with van der Waals surface area (Å²) in [6.07, 6.45) is 0. The maximum absolute atomic E-state index is 10.8. The van der Waals surface area contributed by atoms with Crippen molar-refractivity contribution >= 4 is 0 Å². The lowest BCUT2D eigenvalue weighted by Crippen LogP contribution is -2.39. The Labute approximate surface area is 169 Å². The number of benzene rings is 2. The average Bonchev–Trinajstić information content (AvgIpc) is 3.21. The third-order valence-corrected chi connectivity index (χ3v) is 5.23. The van der Waals surface area contributed by atoms with E-state index in [0.717, 1.165) is 18.7 Å². The van der Waals surface area contributed by atoms with Crippen LogP contribution in [0.5, 0.6) is 34.5 Å². The molecule has 2 aliphatic heterocycles. The number of nitrogens with zero attached hydrogens (tertiary/aromatic N) is 1. The molecule has 1 atom stereocenters. The van der Waals surface area contributed by atoms with Crippen LogP contribution in [-0.2, 0) is 4.74 Å². The van der Waals surface area contributed by atoms with E-state index < -0.39 is 0 Å². The van der Waals surface area contributed by atoms with E-state index in [2.05, 4.69) is 4.90 Å². The number of hydrogen-bond donors (Lipinski definition) is 1. The normalized spacial score (nSPS) is 17.1. The van der Waals surface area contributed by atoms with Crippen molar-refractivity contribution < 1.29 is 33.5 Å². The van der Waals surface area contributed by atoms with Gasteiger partial charge in [-0.05, 0) is 23.8 Å². The smallest absolute Gasteiger partial charge is 0.231 e. The summed E-state index contributed by atoms with van der Waals surface area (Å²) >= 11 is 0. The molecule has 0 bridgehead atoms. The Morgan fingerprint density at radius 1 is 0.897 bits per heavy atom.